The number of carbonyl (C=O) groups is 1. The smallest absolute Gasteiger partial charge is 0.429 e. The molecule has 0 fully saturated rings. The molecule has 0 N–H and O–H groups in total. The summed E-state index contributed by atoms with van der Waals surface area (Å²) in [5, 5.41) is 0. The fourth-order valence-electron chi connectivity index (χ4n) is 0.908. The molecule has 0 radical (unpaired) electrons. The molecule has 5 heteroatoms. The third-order valence-corrected chi connectivity index (χ3v) is 1.91. The summed E-state index contributed by atoms with van der Waals surface area (Å²) in [4.78, 5) is 11.0. The second-order valence-electron chi connectivity index (χ2n) is 2.82. The lowest BCUT2D eigenvalue weighted by Crippen LogP contribution is -2.15. The average molecular weight is 228 g/mol. The first-order valence-corrected chi connectivity index (χ1v) is 4.76. The van der Waals surface area contributed by atoms with Crippen LogP contribution in [0, 0.1) is 0 Å². The molecule has 0 amide bonds. The summed E-state index contributed by atoms with van der Waals surface area (Å²) in [6.45, 7) is 1.72. The third-order valence-electron chi connectivity index (χ3n) is 1.61. The molecule has 82 valence electrons. The van der Waals surface area contributed by atoms with Crippen molar-refractivity contribution < 1.29 is 18.5 Å². The van der Waals surface area contributed by atoms with Crippen molar-refractivity contribution in [1.29, 1.82) is 0 Å². The lowest BCUT2D eigenvalue weighted by atomic mass is 10.2. The first-order valence-electron chi connectivity index (χ1n) is 4.40. The van der Waals surface area contributed by atoms with Crippen LogP contribution in [0.2, 0.25) is 0 Å². The Bertz CT molecular complexity index is 302. The highest BCUT2D eigenvalue weighted by Crippen LogP contribution is 2.03. The molecule has 0 bridgehead atoms. The molecule has 1 aromatic rings. The van der Waals surface area contributed by atoms with Gasteiger partial charge in [0.25, 0.3) is 0 Å². The minimum absolute atomic E-state index is 0.180. The summed E-state index contributed by atoms with van der Waals surface area (Å²) in [5.41, 5.74) is 0.897. The monoisotopic (exact) mass is 228 g/mol. The molecule has 0 spiro atoms. The molecule has 4 nitrogen and oxygen atoms in total. The average Bonchev–Trinajstić information content (AvgIpc) is 2.27. The summed E-state index contributed by atoms with van der Waals surface area (Å²) in [6, 6.07) is 9.32. The van der Waals surface area contributed by atoms with E-state index < -0.39 is 12.4 Å². The predicted octanol–water partition coefficient (Wildman–Crippen LogP) is 2.55. The fourth-order valence-corrected chi connectivity index (χ4v) is 0.951. The van der Waals surface area contributed by atoms with Gasteiger partial charge in [0.15, 0.2) is 0 Å². The molecule has 0 aromatic heterocycles. The molecule has 0 saturated heterocycles. The highest BCUT2D eigenvalue weighted by atomic mass is 32.1. The van der Waals surface area contributed by atoms with Gasteiger partial charge in [0.05, 0.1) is 0 Å². The van der Waals surface area contributed by atoms with E-state index in [9.17, 15) is 4.79 Å². The largest absolute Gasteiger partial charge is 0.510 e. The maximum absolute atomic E-state index is 11.0. The van der Waals surface area contributed by atoms with Crippen LogP contribution < -0.4 is 0 Å². The van der Waals surface area contributed by atoms with Crippen molar-refractivity contribution in [3.8, 4) is 0 Å². The number of benzene rings is 1. The molecule has 0 aliphatic heterocycles. The van der Waals surface area contributed by atoms with Crippen LogP contribution in [0.25, 0.3) is 0 Å². The van der Waals surface area contributed by atoms with Gasteiger partial charge >= 0.3 is 6.16 Å². The molecule has 1 rings (SSSR count). The van der Waals surface area contributed by atoms with Gasteiger partial charge in [-0.2, -0.15) is 0 Å². The van der Waals surface area contributed by atoms with Crippen molar-refractivity contribution in [2.75, 3.05) is 0 Å². The molecule has 15 heavy (non-hydrogen) atoms. The molecule has 0 aliphatic carbocycles. The van der Waals surface area contributed by atoms with E-state index in [0.29, 0.717) is 0 Å². The van der Waals surface area contributed by atoms with Crippen LogP contribution in [-0.4, -0.2) is 12.4 Å². The van der Waals surface area contributed by atoms with Crippen LogP contribution in [0.4, 0.5) is 4.79 Å². The van der Waals surface area contributed by atoms with Crippen molar-refractivity contribution in [3.05, 3.63) is 35.9 Å². The van der Waals surface area contributed by atoms with Gasteiger partial charge in [-0.15, -0.1) is 0 Å². The van der Waals surface area contributed by atoms with Crippen molar-refractivity contribution >= 4 is 19.1 Å². The van der Waals surface area contributed by atoms with Crippen molar-refractivity contribution in [2.24, 2.45) is 0 Å². The van der Waals surface area contributed by atoms with E-state index in [1.165, 1.54) is 6.92 Å². The zero-order chi connectivity index (χ0) is 11.1. The van der Waals surface area contributed by atoms with E-state index in [1.54, 1.807) is 0 Å². The molecular weight excluding hydrogens is 216 g/mol. The van der Waals surface area contributed by atoms with Crippen LogP contribution >= 0.6 is 12.9 Å². The first kappa shape index (κ1) is 11.9. The minimum Gasteiger partial charge on any atom is -0.429 e. The Balaban J connectivity index is 2.29. The summed E-state index contributed by atoms with van der Waals surface area (Å²) in [6.07, 6.45) is -1.50. The zero-order valence-electron chi connectivity index (χ0n) is 8.25. The number of hydrogen-bond donors (Lipinski definition) is 1. The second-order valence-corrected chi connectivity index (χ2v) is 3.03. The van der Waals surface area contributed by atoms with E-state index >= 15 is 0 Å². The van der Waals surface area contributed by atoms with Crippen molar-refractivity contribution in [1.82, 2.24) is 0 Å². The minimum atomic E-state index is -0.777. The Labute approximate surface area is 93.8 Å². The van der Waals surface area contributed by atoms with Crippen LogP contribution in [0.1, 0.15) is 12.5 Å². The van der Waals surface area contributed by atoms with E-state index in [0.717, 1.165) is 5.56 Å². The molecule has 1 atom stereocenters. The number of ether oxygens (including phenoxy) is 2. The highest BCUT2D eigenvalue weighted by Gasteiger charge is 2.09. The Kier molecular flexibility index (Phi) is 5.00. The Hall–Kier alpha value is -1.20. The number of rotatable bonds is 4. The predicted molar refractivity (Wildman–Crippen MR) is 57.2 cm³/mol. The quantitative estimate of drug-likeness (QED) is 0.372. The second kappa shape index (κ2) is 6.31. The molecule has 0 saturated carbocycles. The molecule has 0 aliphatic rings. The van der Waals surface area contributed by atoms with Gasteiger partial charge in [0, 0.05) is 0 Å². The maximum atomic E-state index is 11.0. The van der Waals surface area contributed by atoms with Gasteiger partial charge in [0.2, 0.25) is 6.29 Å². The van der Waals surface area contributed by atoms with E-state index in [1.807, 2.05) is 30.3 Å². The summed E-state index contributed by atoms with van der Waals surface area (Å²) >= 11 is 3.50. The lowest BCUT2D eigenvalue weighted by molar-refractivity contribution is -0.0450. The van der Waals surface area contributed by atoms with Crippen LogP contribution in [-0.2, 0) is 20.3 Å². The number of hydrogen-bond acceptors (Lipinski definition) is 5. The normalized spacial score (nSPS) is 11.9. The number of thiol groups is 1. The van der Waals surface area contributed by atoms with Gasteiger partial charge in [-0.05, 0) is 25.4 Å². The maximum Gasteiger partial charge on any atom is 0.510 e. The van der Waals surface area contributed by atoms with E-state index in [-0.39, 0.29) is 6.61 Å². The van der Waals surface area contributed by atoms with E-state index in [2.05, 4.69) is 21.8 Å². The van der Waals surface area contributed by atoms with Gasteiger partial charge < -0.3 is 9.47 Å². The first-order chi connectivity index (χ1) is 7.22. The van der Waals surface area contributed by atoms with Gasteiger partial charge in [0.1, 0.15) is 6.61 Å². The molecular formula is C10H12O4S. The Morgan fingerprint density at radius 2 is 2.07 bits per heavy atom. The van der Waals surface area contributed by atoms with Crippen molar-refractivity contribution in [2.45, 2.75) is 19.8 Å². The standard InChI is InChI=1S/C10H12O4S/c1-8(14-15)13-10(11)12-7-9-5-3-2-4-6-9/h2-6,8,15H,7H2,1H3. The summed E-state index contributed by atoms with van der Waals surface area (Å²) < 4.78 is 13.9. The molecule has 1 unspecified atom stereocenters. The highest BCUT2D eigenvalue weighted by molar-refractivity contribution is 7.75. The van der Waals surface area contributed by atoms with E-state index in [4.69, 9.17) is 4.74 Å². The molecule has 0 heterocycles. The van der Waals surface area contributed by atoms with Crippen molar-refractivity contribution in [3.63, 3.8) is 0 Å². The van der Waals surface area contributed by atoms with Gasteiger partial charge in [-0.3, -0.25) is 4.18 Å². The van der Waals surface area contributed by atoms with Gasteiger partial charge in [-0.1, -0.05) is 30.3 Å². The number of carbonyl (C=O) groups excluding carboxylic acids is 1. The fraction of sp³-hybridized carbons (Fsp3) is 0.300. The third kappa shape index (κ3) is 4.71. The van der Waals surface area contributed by atoms with Gasteiger partial charge in [-0.25, -0.2) is 4.79 Å². The van der Waals surface area contributed by atoms with Crippen LogP contribution in [0.15, 0.2) is 30.3 Å². The van der Waals surface area contributed by atoms with Crippen LogP contribution in [0.3, 0.4) is 0 Å². The topological polar surface area (TPSA) is 44.8 Å². The SMILES string of the molecule is CC(OS)OC(=O)OCc1ccccc1. The summed E-state index contributed by atoms with van der Waals surface area (Å²) in [5.74, 6) is 0. The summed E-state index contributed by atoms with van der Waals surface area (Å²) in [7, 11) is 0. The Morgan fingerprint density at radius 1 is 1.40 bits per heavy atom. The zero-order valence-corrected chi connectivity index (χ0v) is 9.15. The van der Waals surface area contributed by atoms with Crippen LogP contribution in [0.5, 0.6) is 0 Å². The Morgan fingerprint density at radius 3 is 2.67 bits per heavy atom. The molecule has 1 aromatic carbocycles. The lowest BCUT2D eigenvalue weighted by Gasteiger charge is -2.10.